The highest BCUT2D eigenvalue weighted by Crippen LogP contribution is 2.27. The Morgan fingerprint density at radius 3 is 2.62 bits per heavy atom. The molecular formula is C22H21N3O. The minimum Gasteiger partial charge on any atom is -0.347 e. The number of aryl methyl sites for hydroxylation is 2. The zero-order chi connectivity index (χ0) is 18.7. The van der Waals surface area contributed by atoms with E-state index in [0.29, 0.717) is 0 Å². The highest BCUT2D eigenvalue weighted by atomic mass is 16.1. The van der Waals surface area contributed by atoms with Crippen LogP contribution in [0.4, 0.5) is 5.69 Å². The summed E-state index contributed by atoms with van der Waals surface area (Å²) in [5.74, 6) is -0.388. The van der Waals surface area contributed by atoms with Crippen LogP contribution in [0.3, 0.4) is 0 Å². The zero-order valence-electron chi connectivity index (χ0n) is 15.2. The molecule has 4 heteroatoms. The van der Waals surface area contributed by atoms with Crippen LogP contribution >= 0.6 is 0 Å². The molecule has 3 rings (SSSR count). The van der Waals surface area contributed by atoms with Crippen LogP contribution in [0.25, 0.3) is 17.0 Å². The first-order valence-corrected chi connectivity index (χ1v) is 8.61. The highest BCUT2D eigenvalue weighted by molar-refractivity contribution is 6.11. The molecule has 0 saturated carbocycles. The maximum absolute atomic E-state index is 12.7. The Kier molecular flexibility index (Phi) is 4.90. The van der Waals surface area contributed by atoms with Gasteiger partial charge in [0.2, 0.25) is 0 Å². The average Bonchev–Trinajstić information content (AvgIpc) is 2.91. The van der Waals surface area contributed by atoms with Gasteiger partial charge in [-0.05, 0) is 37.1 Å². The third kappa shape index (κ3) is 3.12. The normalized spacial score (nSPS) is 11.4. The number of fused-ring (bicyclic) bond motifs is 1. The van der Waals surface area contributed by atoms with E-state index in [1.165, 1.54) is 0 Å². The van der Waals surface area contributed by atoms with Gasteiger partial charge in [-0.2, -0.15) is 5.26 Å². The van der Waals surface area contributed by atoms with Crippen molar-refractivity contribution in [1.29, 1.82) is 5.26 Å². The lowest BCUT2D eigenvalue weighted by atomic mass is 10.1. The van der Waals surface area contributed by atoms with Crippen LogP contribution in [0, 0.1) is 18.3 Å². The number of anilines is 1. The monoisotopic (exact) mass is 343 g/mol. The second-order valence-corrected chi connectivity index (χ2v) is 6.21. The predicted octanol–water partition coefficient (Wildman–Crippen LogP) is 4.59. The second-order valence-electron chi connectivity index (χ2n) is 6.21. The van der Waals surface area contributed by atoms with Crippen LogP contribution in [-0.4, -0.2) is 10.5 Å². The van der Waals surface area contributed by atoms with Crippen molar-refractivity contribution in [3.63, 3.8) is 0 Å². The number of nitrogens with zero attached hydrogens (tertiary/aromatic N) is 2. The van der Waals surface area contributed by atoms with E-state index in [-0.39, 0.29) is 11.5 Å². The van der Waals surface area contributed by atoms with Gasteiger partial charge in [-0.25, -0.2) is 0 Å². The van der Waals surface area contributed by atoms with Crippen molar-refractivity contribution in [3.8, 4) is 6.07 Å². The van der Waals surface area contributed by atoms with Gasteiger partial charge in [0.15, 0.2) is 0 Å². The summed E-state index contributed by atoms with van der Waals surface area (Å²) in [6, 6.07) is 17.7. The summed E-state index contributed by atoms with van der Waals surface area (Å²) in [5.41, 5.74) is 4.87. The summed E-state index contributed by atoms with van der Waals surface area (Å²) in [6.45, 7) is 4.02. The van der Waals surface area contributed by atoms with Crippen molar-refractivity contribution in [3.05, 3.63) is 70.9 Å². The van der Waals surface area contributed by atoms with Crippen molar-refractivity contribution >= 4 is 28.6 Å². The molecule has 130 valence electrons. The van der Waals surface area contributed by atoms with Gasteiger partial charge in [-0.1, -0.05) is 43.3 Å². The van der Waals surface area contributed by atoms with Crippen LogP contribution in [0.5, 0.6) is 0 Å². The molecule has 26 heavy (non-hydrogen) atoms. The van der Waals surface area contributed by atoms with Gasteiger partial charge < -0.3 is 9.88 Å². The van der Waals surface area contributed by atoms with E-state index < -0.39 is 0 Å². The molecule has 0 atom stereocenters. The van der Waals surface area contributed by atoms with Crippen LogP contribution < -0.4 is 5.32 Å². The van der Waals surface area contributed by atoms with Crippen molar-refractivity contribution in [1.82, 2.24) is 4.57 Å². The van der Waals surface area contributed by atoms with E-state index in [9.17, 15) is 10.1 Å². The lowest BCUT2D eigenvalue weighted by Crippen LogP contribution is -2.14. The van der Waals surface area contributed by atoms with Gasteiger partial charge in [-0.15, -0.1) is 0 Å². The molecule has 0 bridgehead atoms. The maximum Gasteiger partial charge on any atom is 0.266 e. The third-order valence-corrected chi connectivity index (χ3v) is 4.75. The number of para-hydroxylation sites is 2. The molecule has 2 aromatic carbocycles. The van der Waals surface area contributed by atoms with Crippen LogP contribution in [0.2, 0.25) is 0 Å². The Morgan fingerprint density at radius 1 is 1.19 bits per heavy atom. The Hall–Kier alpha value is -3.32. The number of carbonyl (C=O) groups excluding carboxylic acids is 1. The first-order valence-electron chi connectivity index (χ1n) is 8.61. The van der Waals surface area contributed by atoms with Gasteiger partial charge in [0.25, 0.3) is 5.91 Å². The van der Waals surface area contributed by atoms with Crippen LogP contribution in [0.1, 0.15) is 23.7 Å². The third-order valence-electron chi connectivity index (χ3n) is 4.75. The number of hydrogen-bond donors (Lipinski definition) is 1. The summed E-state index contributed by atoms with van der Waals surface area (Å²) in [4.78, 5) is 12.7. The molecule has 1 amide bonds. The Morgan fingerprint density at radius 2 is 1.88 bits per heavy atom. The Balaban J connectivity index is 2.01. The first kappa shape index (κ1) is 17.5. The fourth-order valence-electron chi connectivity index (χ4n) is 3.17. The standard InChI is InChI=1S/C22H21N3O/c1-4-16-9-5-7-11-20(16)24-22(26)17(14-23)13-19-15(2)25(3)21-12-8-6-10-18(19)21/h5-13H,4H2,1-3H3,(H,24,26)/b17-13+. The Bertz CT molecular complexity index is 1050. The number of amides is 1. The number of nitriles is 1. The number of nitrogens with one attached hydrogen (secondary N) is 1. The topological polar surface area (TPSA) is 57.8 Å². The lowest BCUT2D eigenvalue weighted by molar-refractivity contribution is -0.112. The summed E-state index contributed by atoms with van der Waals surface area (Å²) in [6.07, 6.45) is 2.49. The van der Waals surface area contributed by atoms with Crippen LogP contribution in [0.15, 0.2) is 54.1 Å². The maximum atomic E-state index is 12.7. The number of hydrogen-bond acceptors (Lipinski definition) is 2. The molecule has 1 aromatic heterocycles. The fraction of sp³-hybridized carbons (Fsp3) is 0.182. The van der Waals surface area contributed by atoms with Gasteiger partial charge in [0.05, 0.1) is 0 Å². The van der Waals surface area contributed by atoms with Gasteiger partial charge in [0.1, 0.15) is 11.6 Å². The van der Waals surface area contributed by atoms with Gasteiger partial charge in [0, 0.05) is 34.9 Å². The Labute approximate surface area is 153 Å². The molecular weight excluding hydrogens is 322 g/mol. The van der Waals surface area contributed by atoms with E-state index in [0.717, 1.165) is 39.8 Å². The minimum absolute atomic E-state index is 0.0929. The number of carbonyl (C=O) groups is 1. The van der Waals surface area contributed by atoms with Gasteiger partial charge in [-0.3, -0.25) is 4.79 Å². The van der Waals surface area contributed by atoms with Crippen molar-refractivity contribution in [2.75, 3.05) is 5.32 Å². The smallest absolute Gasteiger partial charge is 0.266 e. The molecule has 1 heterocycles. The zero-order valence-corrected chi connectivity index (χ0v) is 15.2. The first-order chi connectivity index (χ1) is 12.6. The fourth-order valence-corrected chi connectivity index (χ4v) is 3.17. The van der Waals surface area contributed by atoms with Crippen molar-refractivity contribution in [2.45, 2.75) is 20.3 Å². The van der Waals surface area contributed by atoms with E-state index in [2.05, 4.69) is 9.88 Å². The summed E-state index contributed by atoms with van der Waals surface area (Å²) >= 11 is 0. The molecule has 0 unspecified atom stereocenters. The highest BCUT2D eigenvalue weighted by Gasteiger charge is 2.15. The molecule has 3 aromatic rings. The molecule has 0 radical (unpaired) electrons. The average molecular weight is 343 g/mol. The van der Waals surface area contributed by atoms with E-state index in [1.54, 1.807) is 6.08 Å². The number of benzene rings is 2. The quantitative estimate of drug-likeness (QED) is 0.556. The molecule has 0 aliphatic rings. The minimum atomic E-state index is -0.388. The molecule has 0 saturated heterocycles. The summed E-state index contributed by atoms with van der Waals surface area (Å²) < 4.78 is 2.07. The van der Waals surface area contributed by atoms with Gasteiger partial charge >= 0.3 is 0 Å². The van der Waals surface area contributed by atoms with Crippen LogP contribution in [-0.2, 0) is 18.3 Å². The number of rotatable bonds is 4. The molecule has 0 aliphatic heterocycles. The molecule has 1 N–H and O–H groups in total. The molecule has 0 spiro atoms. The van der Waals surface area contributed by atoms with E-state index in [1.807, 2.05) is 75.5 Å². The summed E-state index contributed by atoms with van der Waals surface area (Å²) in [5, 5.41) is 13.4. The van der Waals surface area contributed by atoms with E-state index >= 15 is 0 Å². The van der Waals surface area contributed by atoms with Crippen molar-refractivity contribution < 1.29 is 4.79 Å². The second kappa shape index (κ2) is 7.28. The van der Waals surface area contributed by atoms with Crippen molar-refractivity contribution in [2.24, 2.45) is 7.05 Å². The lowest BCUT2D eigenvalue weighted by Gasteiger charge is -2.09. The predicted molar refractivity (Wildman–Crippen MR) is 106 cm³/mol. The molecule has 0 aliphatic carbocycles. The molecule has 4 nitrogen and oxygen atoms in total. The SMILES string of the molecule is CCc1ccccc1NC(=O)/C(C#N)=C/c1c(C)n(C)c2ccccc12. The largest absolute Gasteiger partial charge is 0.347 e. The number of aromatic nitrogens is 1. The molecule has 0 fully saturated rings. The summed E-state index contributed by atoms with van der Waals surface area (Å²) in [7, 11) is 1.98. The van der Waals surface area contributed by atoms with E-state index in [4.69, 9.17) is 0 Å².